The third-order valence-corrected chi connectivity index (χ3v) is 9.23. The summed E-state index contributed by atoms with van der Waals surface area (Å²) in [6, 6.07) is 16.1. The van der Waals surface area contributed by atoms with Crippen LogP contribution < -0.4 is 0 Å². The average Bonchev–Trinajstić information content (AvgIpc) is 3.16. The fourth-order valence-corrected chi connectivity index (χ4v) is 7.66. The van der Waals surface area contributed by atoms with Crippen LogP contribution in [0.15, 0.2) is 60.7 Å². The van der Waals surface area contributed by atoms with Crippen LogP contribution in [0, 0.1) is 11.3 Å². The first-order chi connectivity index (χ1) is 20.6. The largest absolute Gasteiger partial charge is 0.459 e. The van der Waals surface area contributed by atoms with Gasteiger partial charge in [-0.3, -0.25) is 14.4 Å². The van der Waals surface area contributed by atoms with E-state index in [4.69, 9.17) is 23.7 Å². The summed E-state index contributed by atoms with van der Waals surface area (Å²) in [7, 11) is 0. The zero-order valence-electron chi connectivity index (χ0n) is 25.4. The first-order valence-corrected chi connectivity index (χ1v) is 14.4. The number of rotatable bonds is 6. The number of carbonyl (C=O) groups excluding carboxylic acids is 5. The SMILES string of the molecule is CC(=O)OC1C2C(OC(=O)c3ccccc3)C(OC(=O)c3ccccc3)[C@]3(C)[C@@H](OC(C)=O)C(=O)CC(C)(O)C13OC2(C)C. The molecule has 11 nitrogen and oxygen atoms in total. The lowest BCUT2D eigenvalue weighted by Crippen LogP contribution is -2.83. The summed E-state index contributed by atoms with van der Waals surface area (Å²) in [5.41, 5.74) is -6.92. The number of ether oxygens (including phenoxy) is 5. The van der Waals surface area contributed by atoms with Crippen LogP contribution in [0.4, 0.5) is 0 Å². The van der Waals surface area contributed by atoms with Gasteiger partial charge >= 0.3 is 23.9 Å². The highest BCUT2D eigenvalue weighted by Crippen LogP contribution is 2.68. The van der Waals surface area contributed by atoms with E-state index in [9.17, 15) is 29.1 Å². The van der Waals surface area contributed by atoms with E-state index in [1.807, 2.05) is 0 Å². The standard InChI is InChI=1S/C33H36O11/c1-18(34)40-25-22(36)17-31(5,39)33-26(41-19(2)35)23(30(3,4)44-33)24(42-28(37)20-13-9-7-10-14-20)27(32(25,33)6)43-29(38)21-15-11-8-12-16-21/h7-16,23-27,39H,17H2,1-6H3/t23?,24?,25-,26?,27?,31?,32-,33?/m0/s1. The van der Waals surface area contributed by atoms with Gasteiger partial charge in [0.25, 0.3) is 0 Å². The molecule has 1 spiro atoms. The highest BCUT2D eigenvalue weighted by Gasteiger charge is 2.87. The van der Waals surface area contributed by atoms with E-state index < -0.39 is 88.6 Å². The molecule has 2 aromatic carbocycles. The first-order valence-electron chi connectivity index (χ1n) is 14.4. The highest BCUT2D eigenvalue weighted by molar-refractivity contribution is 5.92. The van der Waals surface area contributed by atoms with Crippen molar-refractivity contribution in [2.45, 2.75) is 89.2 Å². The van der Waals surface area contributed by atoms with E-state index in [2.05, 4.69) is 0 Å². The van der Waals surface area contributed by atoms with Crippen molar-refractivity contribution in [3.05, 3.63) is 71.8 Å². The highest BCUT2D eigenvalue weighted by atomic mass is 16.6. The van der Waals surface area contributed by atoms with Crippen molar-refractivity contribution in [3.63, 3.8) is 0 Å². The molecular formula is C33H36O11. The van der Waals surface area contributed by atoms with Gasteiger partial charge in [-0.2, -0.15) is 0 Å². The van der Waals surface area contributed by atoms with E-state index in [0.29, 0.717) is 0 Å². The Morgan fingerprint density at radius 2 is 1.25 bits per heavy atom. The molecular weight excluding hydrogens is 572 g/mol. The van der Waals surface area contributed by atoms with E-state index >= 15 is 0 Å². The number of Topliss-reactive ketones (excluding diaryl/α,β-unsaturated/α-hetero) is 1. The van der Waals surface area contributed by atoms with Crippen LogP contribution >= 0.6 is 0 Å². The molecule has 3 fully saturated rings. The Balaban J connectivity index is 1.79. The maximum absolute atomic E-state index is 13.8. The van der Waals surface area contributed by atoms with E-state index in [-0.39, 0.29) is 11.1 Å². The van der Waals surface area contributed by atoms with Gasteiger partial charge in [-0.25, -0.2) is 9.59 Å². The number of benzene rings is 2. The van der Waals surface area contributed by atoms with E-state index in [0.717, 1.165) is 6.92 Å². The lowest BCUT2D eigenvalue weighted by molar-refractivity contribution is -0.324. The number of aliphatic hydroxyl groups is 1. The quantitative estimate of drug-likeness (QED) is 0.380. The second kappa shape index (κ2) is 10.8. The Labute approximate surface area is 254 Å². The van der Waals surface area contributed by atoms with Crippen LogP contribution in [0.1, 0.15) is 68.7 Å². The number of fused-ring (bicyclic) bond motifs is 1. The molecule has 0 aromatic heterocycles. The van der Waals surface area contributed by atoms with Gasteiger partial charge in [-0.15, -0.1) is 0 Å². The number of esters is 4. The van der Waals surface area contributed by atoms with Crippen LogP contribution in [-0.2, 0) is 38.1 Å². The second-order valence-corrected chi connectivity index (χ2v) is 12.6. The third kappa shape index (κ3) is 4.69. The van der Waals surface area contributed by atoms with Gasteiger partial charge < -0.3 is 28.8 Å². The van der Waals surface area contributed by atoms with Gasteiger partial charge in [0.05, 0.1) is 28.1 Å². The molecule has 3 aliphatic rings. The second-order valence-electron chi connectivity index (χ2n) is 12.6. The average molecular weight is 609 g/mol. The predicted octanol–water partition coefficient (Wildman–Crippen LogP) is 3.21. The molecule has 1 aliphatic heterocycles. The molecule has 11 heteroatoms. The molecule has 1 heterocycles. The van der Waals surface area contributed by atoms with Crippen LogP contribution in [0.3, 0.4) is 0 Å². The maximum Gasteiger partial charge on any atom is 0.338 e. The zero-order chi connectivity index (χ0) is 32.2. The van der Waals surface area contributed by atoms with Crippen molar-refractivity contribution in [2.24, 2.45) is 11.3 Å². The van der Waals surface area contributed by atoms with Crippen LogP contribution in [0.2, 0.25) is 0 Å². The Bertz CT molecular complexity index is 1480. The molecule has 2 bridgehead atoms. The minimum absolute atomic E-state index is 0.158. The molecule has 234 valence electrons. The van der Waals surface area contributed by atoms with E-state index in [1.165, 1.54) is 32.9 Å². The zero-order valence-corrected chi connectivity index (χ0v) is 25.4. The van der Waals surface area contributed by atoms with Gasteiger partial charge in [0.1, 0.15) is 23.4 Å². The summed E-state index contributed by atoms with van der Waals surface area (Å²) < 4.78 is 30.6. The Kier molecular flexibility index (Phi) is 7.70. The van der Waals surface area contributed by atoms with Crippen LogP contribution in [0.25, 0.3) is 0 Å². The molecule has 1 N–H and O–H groups in total. The number of ketones is 1. The normalized spacial score (nSPS) is 35.2. The summed E-state index contributed by atoms with van der Waals surface area (Å²) in [6.45, 7) is 8.46. The smallest absolute Gasteiger partial charge is 0.338 e. The number of hydrogen-bond acceptors (Lipinski definition) is 11. The van der Waals surface area contributed by atoms with Crippen molar-refractivity contribution in [1.29, 1.82) is 0 Å². The predicted molar refractivity (Wildman–Crippen MR) is 152 cm³/mol. The van der Waals surface area contributed by atoms with Crippen LogP contribution in [0.5, 0.6) is 0 Å². The summed E-state index contributed by atoms with van der Waals surface area (Å²) in [4.78, 5) is 66.2. The molecule has 0 radical (unpaired) electrons. The Hall–Kier alpha value is -4.09. The molecule has 0 amide bonds. The molecule has 5 rings (SSSR count). The molecule has 44 heavy (non-hydrogen) atoms. The first kappa shape index (κ1) is 31.3. The fraction of sp³-hybridized carbons (Fsp3) is 0.485. The Morgan fingerprint density at radius 1 is 0.750 bits per heavy atom. The van der Waals surface area contributed by atoms with Crippen molar-refractivity contribution in [2.75, 3.05) is 0 Å². The summed E-state index contributed by atoms with van der Waals surface area (Å²) >= 11 is 0. The minimum Gasteiger partial charge on any atom is -0.459 e. The molecule has 2 aromatic rings. The molecule has 1 saturated heterocycles. The van der Waals surface area contributed by atoms with Gasteiger partial charge in [0.2, 0.25) is 0 Å². The molecule has 2 saturated carbocycles. The lowest BCUT2D eigenvalue weighted by Gasteiger charge is -2.64. The number of carbonyl (C=O) groups is 5. The minimum atomic E-state index is -2.03. The van der Waals surface area contributed by atoms with Gasteiger partial charge in [-0.1, -0.05) is 36.4 Å². The van der Waals surface area contributed by atoms with Gasteiger partial charge in [-0.05, 0) is 52.0 Å². The topological polar surface area (TPSA) is 152 Å². The summed E-state index contributed by atoms with van der Waals surface area (Å²) in [5.74, 6) is -4.85. The number of hydrogen-bond donors (Lipinski definition) is 1. The fourth-order valence-electron chi connectivity index (χ4n) is 7.66. The van der Waals surface area contributed by atoms with Crippen molar-refractivity contribution < 1.29 is 52.8 Å². The molecule has 6 unspecified atom stereocenters. The lowest BCUT2D eigenvalue weighted by atomic mass is 9.46. The van der Waals surface area contributed by atoms with E-state index in [1.54, 1.807) is 62.4 Å². The molecule has 2 aliphatic carbocycles. The van der Waals surface area contributed by atoms with Crippen molar-refractivity contribution >= 4 is 29.7 Å². The maximum atomic E-state index is 13.8. The summed E-state index contributed by atoms with van der Waals surface area (Å²) in [6.07, 6.45) is -6.47. The Morgan fingerprint density at radius 3 is 1.75 bits per heavy atom. The van der Waals surface area contributed by atoms with Crippen molar-refractivity contribution in [3.8, 4) is 0 Å². The van der Waals surface area contributed by atoms with Crippen LogP contribution in [-0.4, -0.2) is 76.0 Å². The third-order valence-electron chi connectivity index (χ3n) is 9.23. The summed E-state index contributed by atoms with van der Waals surface area (Å²) in [5, 5.41) is 12.1. The monoisotopic (exact) mass is 608 g/mol. The van der Waals surface area contributed by atoms with Crippen molar-refractivity contribution in [1.82, 2.24) is 0 Å². The van der Waals surface area contributed by atoms with Gasteiger partial charge in [0, 0.05) is 20.3 Å². The van der Waals surface area contributed by atoms with Gasteiger partial charge in [0.15, 0.2) is 18.0 Å². The molecule has 8 atom stereocenters.